The van der Waals surface area contributed by atoms with Gasteiger partial charge in [0, 0.05) is 6.20 Å². The van der Waals surface area contributed by atoms with Gasteiger partial charge >= 0.3 is 0 Å². The van der Waals surface area contributed by atoms with Gasteiger partial charge < -0.3 is 0 Å². The molecule has 6 nitrogen and oxygen atoms in total. The zero-order chi connectivity index (χ0) is 20.6. The van der Waals surface area contributed by atoms with Crippen LogP contribution in [0.1, 0.15) is 17.0 Å². The van der Waals surface area contributed by atoms with Crippen LogP contribution in [0, 0.1) is 19.7 Å². The Kier molecular flexibility index (Phi) is 4.79. The Balaban J connectivity index is 1.87. The summed E-state index contributed by atoms with van der Waals surface area (Å²) in [6.07, 6.45) is 1.71. The number of sulfonamides is 1. The topological polar surface area (TPSA) is 67.6 Å². The molecule has 0 unspecified atom stereocenters. The van der Waals surface area contributed by atoms with Crippen LogP contribution < -0.4 is 4.31 Å². The smallest absolute Gasteiger partial charge is 0.268 e. The lowest BCUT2D eigenvalue weighted by molar-refractivity contribution is 0.590. The first-order chi connectivity index (χ1) is 13.9. The van der Waals surface area contributed by atoms with E-state index >= 15 is 0 Å². The van der Waals surface area contributed by atoms with Crippen molar-refractivity contribution in [1.82, 2.24) is 14.6 Å². The zero-order valence-corrected chi connectivity index (χ0v) is 16.8. The molecule has 0 atom stereocenters. The van der Waals surface area contributed by atoms with E-state index in [1.807, 2.05) is 19.1 Å². The maximum absolute atomic E-state index is 13.7. The van der Waals surface area contributed by atoms with Gasteiger partial charge in [-0.2, -0.15) is 0 Å². The molecule has 2 heterocycles. The molecule has 2 aromatic carbocycles. The molecule has 4 aromatic rings. The van der Waals surface area contributed by atoms with Crippen molar-refractivity contribution in [1.29, 1.82) is 0 Å². The second-order valence-corrected chi connectivity index (χ2v) is 8.62. The number of hydrogen-bond acceptors (Lipinski definition) is 4. The fraction of sp³-hybridized carbons (Fsp3) is 0.143. The maximum atomic E-state index is 13.7. The third-order valence-electron chi connectivity index (χ3n) is 4.67. The molecule has 0 aliphatic heterocycles. The van der Waals surface area contributed by atoms with Crippen LogP contribution in [-0.4, -0.2) is 23.0 Å². The molecule has 0 bridgehead atoms. The molecule has 0 amide bonds. The highest BCUT2D eigenvalue weighted by molar-refractivity contribution is 7.93. The molecule has 148 valence electrons. The molecule has 0 saturated carbocycles. The molecule has 8 heteroatoms. The molecule has 0 N–H and O–H groups in total. The van der Waals surface area contributed by atoms with Crippen molar-refractivity contribution in [3.63, 3.8) is 0 Å². The molecule has 0 aliphatic rings. The molecular weight excluding hydrogens is 391 g/mol. The van der Waals surface area contributed by atoms with Crippen LogP contribution in [-0.2, 0) is 16.6 Å². The first-order valence-electron chi connectivity index (χ1n) is 9.00. The minimum atomic E-state index is -4.00. The molecule has 4 rings (SSSR count). The van der Waals surface area contributed by atoms with Crippen molar-refractivity contribution in [2.75, 3.05) is 4.31 Å². The zero-order valence-electron chi connectivity index (χ0n) is 15.9. The van der Waals surface area contributed by atoms with Gasteiger partial charge in [-0.05, 0) is 55.8 Å². The van der Waals surface area contributed by atoms with Gasteiger partial charge in [-0.15, -0.1) is 10.2 Å². The van der Waals surface area contributed by atoms with Crippen LogP contribution in [0.25, 0.3) is 5.65 Å². The lowest BCUT2D eigenvalue weighted by Gasteiger charge is -2.25. The molecular formula is C21H19FN4O2S. The van der Waals surface area contributed by atoms with E-state index in [1.54, 1.807) is 47.9 Å². The quantitative estimate of drug-likeness (QED) is 0.501. The number of aromatic nitrogens is 3. The Morgan fingerprint density at radius 3 is 2.48 bits per heavy atom. The highest BCUT2D eigenvalue weighted by atomic mass is 32.2. The van der Waals surface area contributed by atoms with Gasteiger partial charge in [0.1, 0.15) is 16.5 Å². The van der Waals surface area contributed by atoms with Crippen molar-refractivity contribution >= 4 is 21.4 Å². The van der Waals surface area contributed by atoms with Crippen molar-refractivity contribution in [3.8, 4) is 0 Å². The first-order valence-corrected chi connectivity index (χ1v) is 10.4. The van der Waals surface area contributed by atoms with Crippen molar-refractivity contribution in [2.45, 2.75) is 25.3 Å². The van der Waals surface area contributed by atoms with E-state index < -0.39 is 15.8 Å². The summed E-state index contributed by atoms with van der Waals surface area (Å²) in [6, 6.07) is 16.2. The molecule has 0 aliphatic carbocycles. The minimum Gasteiger partial charge on any atom is -0.286 e. The predicted molar refractivity (Wildman–Crippen MR) is 109 cm³/mol. The van der Waals surface area contributed by atoms with Gasteiger partial charge in [0.05, 0.1) is 12.2 Å². The van der Waals surface area contributed by atoms with E-state index in [0.29, 0.717) is 17.1 Å². The lowest BCUT2D eigenvalue weighted by atomic mass is 10.2. The fourth-order valence-electron chi connectivity index (χ4n) is 3.15. The highest BCUT2D eigenvalue weighted by Crippen LogP contribution is 2.28. The SMILES string of the molecule is Cc1ccc(N(Cc2cccc(F)c2)S(=O)(=O)c2cccn3c(C)nnc23)cc1. The Bertz CT molecular complexity index is 1280. The standard InChI is InChI=1S/C21H19FN4O2S/c1-15-8-10-19(11-9-15)26(14-17-5-3-6-18(22)13-17)29(27,28)20-7-4-12-25-16(2)23-24-21(20)25/h3-13H,14H2,1-2H3. The second kappa shape index (κ2) is 7.29. The summed E-state index contributed by atoms with van der Waals surface area (Å²) in [6.45, 7) is 3.66. The van der Waals surface area contributed by atoms with E-state index in [2.05, 4.69) is 10.2 Å². The third-order valence-corrected chi connectivity index (χ3v) is 6.47. The fourth-order valence-corrected chi connectivity index (χ4v) is 4.73. The minimum absolute atomic E-state index is 0.0165. The summed E-state index contributed by atoms with van der Waals surface area (Å²) >= 11 is 0. The van der Waals surface area contributed by atoms with E-state index in [-0.39, 0.29) is 17.1 Å². The van der Waals surface area contributed by atoms with Crippen molar-refractivity contribution < 1.29 is 12.8 Å². The normalized spacial score (nSPS) is 11.7. The molecule has 0 radical (unpaired) electrons. The number of fused-ring (bicyclic) bond motifs is 1. The van der Waals surface area contributed by atoms with Gasteiger partial charge in [-0.1, -0.05) is 29.8 Å². The van der Waals surface area contributed by atoms with Crippen LogP contribution in [0.15, 0.2) is 71.8 Å². The lowest BCUT2D eigenvalue weighted by Crippen LogP contribution is -2.31. The van der Waals surface area contributed by atoms with Gasteiger partial charge in [-0.3, -0.25) is 8.71 Å². The van der Waals surface area contributed by atoms with Gasteiger partial charge in [0.2, 0.25) is 0 Å². The van der Waals surface area contributed by atoms with Crippen LogP contribution >= 0.6 is 0 Å². The van der Waals surface area contributed by atoms with Crippen LogP contribution in [0.2, 0.25) is 0 Å². The molecule has 0 saturated heterocycles. The first kappa shape index (κ1) is 19.1. The summed E-state index contributed by atoms with van der Waals surface area (Å²) in [7, 11) is -4.00. The number of aryl methyl sites for hydroxylation is 2. The largest absolute Gasteiger partial charge is 0.286 e. The second-order valence-electron chi connectivity index (χ2n) is 6.79. The Morgan fingerprint density at radius 2 is 1.76 bits per heavy atom. The van der Waals surface area contributed by atoms with Crippen LogP contribution in [0.4, 0.5) is 10.1 Å². The highest BCUT2D eigenvalue weighted by Gasteiger charge is 2.28. The van der Waals surface area contributed by atoms with Crippen molar-refractivity contribution in [3.05, 3.63) is 89.6 Å². The molecule has 2 aromatic heterocycles. The predicted octanol–water partition coefficient (Wildman–Crippen LogP) is 3.88. The van der Waals surface area contributed by atoms with Gasteiger partial charge in [-0.25, -0.2) is 12.8 Å². The summed E-state index contributed by atoms with van der Waals surface area (Å²) < 4.78 is 44.0. The summed E-state index contributed by atoms with van der Waals surface area (Å²) in [5.41, 5.74) is 2.28. The molecule has 29 heavy (non-hydrogen) atoms. The van der Waals surface area contributed by atoms with E-state index in [4.69, 9.17) is 0 Å². The number of rotatable bonds is 5. The number of benzene rings is 2. The van der Waals surface area contributed by atoms with E-state index in [1.165, 1.54) is 22.5 Å². The van der Waals surface area contributed by atoms with Gasteiger partial charge in [0.25, 0.3) is 10.0 Å². The summed E-state index contributed by atoms with van der Waals surface area (Å²) in [5.74, 6) is 0.169. The number of anilines is 1. The average molecular weight is 410 g/mol. The van der Waals surface area contributed by atoms with Gasteiger partial charge in [0.15, 0.2) is 5.65 Å². The molecule has 0 spiro atoms. The van der Waals surface area contributed by atoms with Crippen molar-refractivity contribution in [2.24, 2.45) is 0 Å². The van der Waals surface area contributed by atoms with Crippen LogP contribution in [0.3, 0.4) is 0 Å². The Labute approximate surface area is 168 Å². The maximum Gasteiger partial charge on any atom is 0.268 e. The molecule has 0 fully saturated rings. The Hall–Kier alpha value is -3.26. The number of halogens is 1. The summed E-state index contributed by atoms with van der Waals surface area (Å²) in [4.78, 5) is 0.0394. The number of pyridine rings is 1. The Morgan fingerprint density at radius 1 is 1.00 bits per heavy atom. The average Bonchev–Trinajstić information content (AvgIpc) is 3.08. The third kappa shape index (κ3) is 3.58. The number of hydrogen-bond donors (Lipinski definition) is 0. The van der Waals surface area contributed by atoms with Crippen LogP contribution in [0.5, 0.6) is 0 Å². The van der Waals surface area contributed by atoms with E-state index in [9.17, 15) is 12.8 Å². The summed E-state index contributed by atoms with van der Waals surface area (Å²) in [5, 5.41) is 8.03. The monoisotopic (exact) mass is 410 g/mol. The number of nitrogens with zero attached hydrogens (tertiary/aromatic N) is 4. The van der Waals surface area contributed by atoms with E-state index in [0.717, 1.165) is 5.56 Å².